The molecule has 1 atom stereocenters. The molecule has 0 amide bonds. The van der Waals surface area contributed by atoms with Crippen molar-refractivity contribution < 1.29 is 21.9 Å². The topological polar surface area (TPSA) is 83.7 Å². The summed E-state index contributed by atoms with van der Waals surface area (Å²) in [4.78, 5) is 30.6. The molecule has 0 saturated heterocycles. The minimum absolute atomic E-state index is 0. The van der Waals surface area contributed by atoms with E-state index >= 15 is 0 Å². The van der Waals surface area contributed by atoms with Gasteiger partial charge in [0.05, 0.1) is 12.2 Å². The fraction of sp³-hybridized carbons (Fsp3) is 0.739. The number of hydrogen-bond acceptors (Lipinski definition) is 6. The van der Waals surface area contributed by atoms with Crippen LogP contribution < -0.4 is 5.32 Å². The van der Waals surface area contributed by atoms with Gasteiger partial charge in [-0.2, -0.15) is 0 Å². The van der Waals surface area contributed by atoms with E-state index in [0.717, 1.165) is 38.3 Å². The molecule has 0 aliphatic rings. The first-order valence-electron chi connectivity index (χ1n) is 11.1. The molecule has 176 valence electrons. The maximum absolute atomic E-state index is 12.6. The van der Waals surface area contributed by atoms with Gasteiger partial charge in [0, 0.05) is 21.1 Å². The second-order valence-corrected chi connectivity index (χ2v) is 8.65. The van der Waals surface area contributed by atoms with Crippen LogP contribution in [0.5, 0.6) is 0 Å². The van der Waals surface area contributed by atoms with Crippen molar-refractivity contribution in [2.45, 2.75) is 79.9 Å². The van der Waals surface area contributed by atoms with Crippen molar-refractivity contribution in [3.05, 3.63) is 22.5 Å². The molecule has 0 aliphatic heterocycles. The van der Waals surface area contributed by atoms with Crippen molar-refractivity contribution in [2.75, 3.05) is 32.8 Å². The predicted molar refractivity (Wildman–Crippen MR) is 124 cm³/mol. The molecular formula is C23H45N3O4. The van der Waals surface area contributed by atoms with Gasteiger partial charge in [0.15, 0.2) is 0 Å². The zero-order valence-electron chi connectivity index (χ0n) is 20.1. The summed E-state index contributed by atoms with van der Waals surface area (Å²) in [5, 5.41) is 3.54. The summed E-state index contributed by atoms with van der Waals surface area (Å²) in [6.45, 7) is 19.7. The number of likely N-dealkylation sites (N-methyl/N-ethyl adjacent to an activating group) is 1. The van der Waals surface area contributed by atoms with E-state index in [1.165, 1.54) is 0 Å². The molecule has 0 fully saturated rings. The van der Waals surface area contributed by atoms with Crippen LogP contribution in [0.1, 0.15) is 89.8 Å². The number of hydrogen-bond donors (Lipinski definition) is 2. The fourth-order valence-corrected chi connectivity index (χ4v) is 3.41. The van der Waals surface area contributed by atoms with Crippen molar-refractivity contribution in [2.24, 2.45) is 0 Å². The number of esters is 2. The highest BCUT2D eigenvalue weighted by molar-refractivity contribution is 5.98. The van der Waals surface area contributed by atoms with Crippen molar-refractivity contribution >= 4 is 11.9 Å². The molecular weight excluding hydrogens is 382 g/mol. The molecule has 1 aromatic rings. The van der Waals surface area contributed by atoms with Crippen LogP contribution in [0.15, 0.2) is 0 Å². The average molecular weight is 428 g/mol. The summed E-state index contributed by atoms with van der Waals surface area (Å²) in [5.41, 5.74) is 1.48. The van der Waals surface area contributed by atoms with Gasteiger partial charge in [-0.3, -0.25) is 0 Å². The van der Waals surface area contributed by atoms with Crippen LogP contribution in [0.4, 0.5) is 0 Å². The Morgan fingerprint density at radius 3 is 2.33 bits per heavy atom. The van der Waals surface area contributed by atoms with Gasteiger partial charge in [-0.05, 0) is 79.6 Å². The fourth-order valence-electron chi connectivity index (χ4n) is 3.41. The van der Waals surface area contributed by atoms with Crippen molar-refractivity contribution in [3.8, 4) is 0 Å². The molecule has 0 aromatic carbocycles. The highest BCUT2D eigenvalue weighted by atomic mass is 16.6. The lowest BCUT2D eigenvalue weighted by atomic mass is 10.1. The van der Waals surface area contributed by atoms with E-state index < -0.39 is 17.5 Å². The molecule has 1 unspecified atom stereocenters. The van der Waals surface area contributed by atoms with E-state index in [1.807, 2.05) is 20.8 Å². The Kier molecular flexibility index (Phi) is 10.6. The first-order valence-corrected chi connectivity index (χ1v) is 11.1. The van der Waals surface area contributed by atoms with Crippen LogP contribution in [0.2, 0.25) is 0 Å². The highest BCUT2D eigenvalue weighted by Crippen LogP contribution is 2.23. The summed E-state index contributed by atoms with van der Waals surface area (Å²) in [7, 11) is 0. The van der Waals surface area contributed by atoms with Crippen molar-refractivity contribution in [1.29, 1.82) is 0 Å². The Labute approximate surface area is 184 Å². The molecule has 7 heteroatoms. The van der Waals surface area contributed by atoms with Crippen molar-refractivity contribution in [1.82, 2.24) is 15.2 Å². The number of rotatable bonds is 12. The maximum atomic E-state index is 12.6. The highest BCUT2D eigenvalue weighted by Gasteiger charge is 2.27. The van der Waals surface area contributed by atoms with Crippen molar-refractivity contribution in [3.63, 3.8) is 0 Å². The predicted octanol–water partition coefficient (Wildman–Crippen LogP) is 4.20. The van der Waals surface area contributed by atoms with E-state index in [4.69, 9.17) is 9.47 Å². The number of nitrogens with one attached hydrogen (secondary N) is 2. The van der Waals surface area contributed by atoms with Gasteiger partial charge >= 0.3 is 11.9 Å². The minimum atomic E-state index is -0.607. The molecule has 0 aliphatic carbocycles. The van der Waals surface area contributed by atoms with Crippen LogP contribution >= 0.6 is 0 Å². The van der Waals surface area contributed by atoms with Gasteiger partial charge in [-0.25, -0.2) is 9.59 Å². The largest absolute Gasteiger partial charge is 0.462 e. The summed E-state index contributed by atoms with van der Waals surface area (Å²) in [6, 6.07) is 0.386. The second-order valence-electron chi connectivity index (χ2n) is 8.65. The molecule has 0 bridgehead atoms. The van der Waals surface area contributed by atoms with Gasteiger partial charge in [-0.1, -0.05) is 13.8 Å². The normalized spacial score (nSPS) is 12.8. The van der Waals surface area contributed by atoms with E-state index in [0.29, 0.717) is 29.3 Å². The summed E-state index contributed by atoms with van der Waals surface area (Å²) in [5.74, 6) is -0.860. The van der Waals surface area contributed by atoms with Gasteiger partial charge in [-0.15, -0.1) is 0 Å². The van der Waals surface area contributed by atoms with Crippen LogP contribution in [-0.2, 0) is 15.9 Å². The third-order valence-corrected chi connectivity index (χ3v) is 4.93. The van der Waals surface area contributed by atoms with Crippen LogP contribution in [-0.4, -0.2) is 66.3 Å². The molecule has 1 aromatic heterocycles. The quantitative estimate of drug-likeness (QED) is 0.384. The molecule has 0 radical (unpaired) electrons. The standard InChI is InChI=1S/C23H41N3O4.2H2/c1-9-26(10-2)15-16(4)24-14-12-13-18-19(21(27)29-11-3)17(5)20(25-18)22(28)30-23(6,7)8;;/h16,24-25H,9-15H2,1-8H3;2*1H. The molecule has 30 heavy (non-hydrogen) atoms. The van der Waals surface area contributed by atoms with Gasteiger partial charge in [0.1, 0.15) is 11.3 Å². The number of ether oxygens (including phenoxy) is 2. The average Bonchev–Trinajstić information content (AvgIpc) is 2.98. The molecule has 1 rings (SSSR count). The summed E-state index contributed by atoms with van der Waals surface area (Å²) in [6.07, 6.45) is 1.48. The van der Waals surface area contributed by atoms with Gasteiger partial charge in [0.2, 0.25) is 0 Å². The lowest BCUT2D eigenvalue weighted by Crippen LogP contribution is -2.39. The molecule has 0 spiro atoms. The maximum Gasteiger partial charge on any atom is 0.355 e. The number of carbonyl (C=O) groups excluding carboxylic acids is 2. The Balaban J connectivity index is 0. The monoisotopic (exact) mass is 427 g/mol. The third-order valence-electron chi connectivity index (χ3n) is 4.93. The van der Waals surface area contributed by atoms with E-state index in [9.17, 15) is 9.59 Å². The van der Waals surface area contributed by atoms with Gasteiger partial charge < -0.3 is 24.7 Å². The number of aromatic nitrogens is 1. The zero-order valence-corrected chi connectivity index (χ0v) is 20.1. The zero-order chi connectivity index (χ0) is 22.9. The lowest BCUT2D eigenvalue weighted by molar-refractivity contribution is 0.00625. The number of nitrogens with zero attached hydrogens (tertiary/aromatic N) is 1. The minimum Gasteiger partial charge on any atom is -0.462 e. The Morgan fingerprint density at radius 1 is 1.17 bits per heavy atom. The first-order chi connectivity index (χ1) is 14.0. The van der Waals surface area contributed by atoms with Crippen LogP contribution in [0.25, 0.3) is 0 Å². The Hall–Kier alpha value is -1.86. The van der Waals surface area contributed by atoms with E-state index in [-0.39, 0.29) is 9.46 Å². The first kappa shape index (κ1) is 26.2. The Bertz CT molecular complexity index is 698. The lowest BCUT2D eigenvalue weighted by Gasteiger charge is -2.23. The molecule has 0 saturated carbocycles. The molecule has 7 nitrogen and oxygen atoms in total. The number of aromatic amines is 1. The third kappa shape index (κ3) is 8.11. The number of carbonyl (C=O) groups is 2. The smallest absolute Gasteiger partial charge is 0.355 e. The van der Waals surface area contributed by atoms with E-state index in [2.05, 4.69) is 36.0 Å². The van der Waals surface area contributed by atoms with Crippen LogP contribution in [0, 0.1) is 6.92 Å². The SMILES string of the molecule is CCOC(=O)c1c(CCCNC(C)CN(CC)CC)[nH]c(C(=O)OC(C)(C)C)c1C.[HH].[HH]. The molecule has 2 N–H and O–H groups in total. The number of H-pyrrole nitrogens is 1. The number of aryl methyl sites for hydroxylation is 1. The second kappa shape index (κ2) is 12.1. The molecule has 1 heterocycles. The van der Waals surface area contributed by atoms with E-state index in [1.54, 1.807) is 13.8 Å². The Morgan fingerprint density at radius 2 is 1.80 bits per heavy atom. The summed E-state index contributed by atoms with van der Waals surface area (Å²) < 4.78 is 10.7. The van der Waals surface area contributed by atoms with Crippen LogP contribution in [0.3, 0.4) is 0 Å². The summed E-state index contributed by atoms with van der Waals surface area (Å²) >= 11 is 0. The van der Waals surface area contributed by atoms with Gasteiger partial charge in [0.25, 0.3) is 0 Å².